The monoisotopic (exact) mass is 802 g/mol. The van der Waals surface area contributed by atoms with Crippen LogP contribution >= 0.6 is 12.4 Å². The Morgan fingerprint density at radius 3 is 1.70 bits per heavy atom. The topological polar surface area (TPSA) is 303 Å². The number of Topliss-reactive ketones (excluding diaryl/α,β-unsaturated/α-hetero) is 1. The smallest absolute Gasteiger partial charge is 0.326 e. The zero-order valence-corrected chi connectivity index (χ0v) is 32.4. The number of hydrogen-bond donors (Lipinski definition) is 10. The number of carbonyl (C=O) groups is 7. The minimum Gasteiger partial charge on any atom is -0.481 e. The number of hydrogen-bond acceptors (Lipinski definition) is 11. The van der Waals surface area contributed by atoms with Gasteiger partial charge in [0.1, 0.15) is 17.4 Å². The Hall–Kier alpha value is -5.66. The van der Waals surface area contributed by atoms with Gasteiger partial charge in [-0.15, -0.1) is 12.4 Å². The quantitative estimate of drug-likeness (QED) is 0.0631. The molecular weight excluding hydrogens is 752 g/mol. The van der Waals surface area contributed by atoms with Gasteiger partial charge in [0.25, 0.3) is 23.6 Å². The molecule has 2 aromatic heterocycles. The van der Waals surface area contributed by atoms with E-state index in [1.807, 2.05) is 27.7 Å². The van der Waals surface area contributed by atoms with Crippen LogP contribution in [0.25, 0.3) is 0 Å². The van der Waals surface area contributed by atoms with E-state index in [0.29, 0.717) is 18.4 Å². The van der Waals surface area contributed by atoms with Crippen molar-refractivity contribution in [2.24, 2.45) is 17.6 Å². The summed E-state index contributed by atoms with van der Waals surface area (Å²) in [6, 6.07) is 4.95. The van der Waals surface area contributed by atoms with E-state index in [2.05, 4.69) is 46.5 Å². The summed E-state index contributed by atoms with van der Waals surface area (Å²) in [6.45, 7) is 7.51. The number of aromatic amines is 2. The molecular formula is C36H51ClN10O9. The molecule has 2 heterocycles. The zero-order valence-electron chi connectivity index (χ0n) is 31.6. The minimum atomic E-state index is -1.49. The molecule has 0 bridgehead atoms. The summed E-state index contributed by atoms with van der Waals surface area (Å²) in [7, 11) is 0. The van der Waals surface area contributed by atoms with E-state index in [4.69, 9.17) is 5.73 Å². The second-order valence-electron chi connectivity index (χ2n) is 13.9. The fraction of sp³-hybridized carbons (Fsp3) is 0.472. The molecule has 3 aromatic rings. The lowest BCUT2D eigenvalue weighted by atomic mass is 10.0. The molecule has 0 unspecified atom stereocenters. The fourth-order valence-corrected chi connectivity index (χ4v) is 5.76. The molecule has 306 valence electrons. The number of amides is 4. The highest BCUT2D eigenvalue weighted by Gasteiger charge is 2.30. The van der Waals surface area contributed by atoms with Crippen LogP contribution in [0.15, 0.2) is 43.0 Å². The van der Waals surface area contributed by atoms with E-state index in [-0.39, 0.29) is 72.6 Å². The third-order valence-corrected chi connectivity index (χ3v) is 8.28. The lowest BCUT2D eigenvalue weighted by Gasteiger charge is -2.22. The van der Waals surface area contributed by atoms with E-state index in [0.717, 1.165) is 12.7 Å². The Bertz CT molecular complexity index is 1800. The van der Waals surface area contributed by atoms with Crippen LogP contribution in [0.1, 0.15) is 94.5 Å². The van der Waals surface area contributed by atoms with E-state index >= 15 is 0 Å². The molecule has 0 spiro atoms. The summed E-state index contributed by atoms with van der Waals surface area (Å²) in [5.74, 6) is -6.20. The van der Waals surface area contributed by atoms with E-state index in [9.17, 15) is 43.8 Å². The molecule has 1 aromatic carbocycles. The summed E-state index contributed by atoms with van der Waals surface area (Å²) in [5.41, 5.74) is 5.41. The summed E-state index contributed by atoms with van der Waals surface area (Å²) >= 11 is 0. The Kier molecular flexibility index (Phi) is 18.8. The largest absolute Gasteiger partial charge is 0.481 e. The molecule has 0 aliphatic heterocycles. The summed E-state index contributed by atoms with van der Waals surface area (Å²) in [5, 5.41) is 32.4. The number of imidazole rings is 2. The number of halogens is 1. The van der Waals surface area contributed by atoms with Crippen molar-refractivity contribution in [3.63, 3.8) is 0 Å². The van der Waals surface area contributed by atoms with Crippen molar-refractivity contribution < 1.29 is 43.8 Å². The Morgan fingerprint density at radius 2 is 1.21 bits per heavy atom. The number of aliphatic carboxylic acids is 2. The van der Waals surface area contributed by atoms with Gasteiger partial charge in [-0.2, -0.15) is 0 Å². The number of benzene rings is 1. The van der Waals surface area contributed by atoms with E-state index < -0.39 is 72.4 Å². The maximum absolute atomic E-state index is 13.4. The number of H-pyrrole nitrogens is 2. The molecule has 4 amide bonds. The Labute approximate surface area is 329 Å². The SMILES string of the molecule is CC(C)C[C@@H](CNCC(=O)[C@H](CC(=O)O)NC(=O)c1[nH]cnc1C(=O)N[C@H](CN)CC(C)C)NC(=O)c1nc[nH]c1C(=O)N[C@@H](Cc1ccccc1)C(=O)O.Cl. The number of carboxylic acid groups (broad SMARTS) is 2. The van der Waals surface area contributed by atoms with Gasteiger partial charge in [0, 0.05) is 31.6 Å². The molecule has 3 rings (SSSR count). The standard InChI is InChI=1S/C36H50N10O9.ClH/c1-19(2)10-22(14-37)43-32(50)28-30(41-17-39-28)34(52)45-24(13-27(48)49)26(47)16-38-15-23(11-20(3)4)44-33(51)29-31(42-18-40-29)35(53)46-25(36(54)55)12-21-8-6-5-7-9-21;/h5-9,17-20,22-25,38H,10-16,37H2,1-4H3,(H,39,41)(H,40,42)(H,43,50)(H,44,51)(H,45,52)(H,46,53)(H,48,49)(H,54,55);1H/t22-,23-,24-,25-;/m0./s1. The van der Waals surface area contributed by atoms with Crippen LogP contribution in [0.4, 0.5) is 0 Å². The molecule has 0 radical (unpaired) electrons. The van der Waals surface area contributed by atoms with Crippen LogP contribution in [0.3, 0.4) is 0 Å². The molecule has 11 N–H and O–H groups in total. The molecule has 0 aliphatic rings. The highest BCUT2D eigenvalue weighted by atomic mass is 35.5. The van der Waals surface area contributed by atoms with Crippen LogP contribution in [-0.4, -0.2) is 115 Å². The van der Waals surface area contributed by atoms with Crippen molar-refractivity contribution in [3.8, 4) is 0 Å². The first-order chi connectivity index (χ1) is 26.1. The highest BCUT2D eigenvalue weighted by molar-refractivity contribution is 6.07. The van der Waals surface area contributed by atoms with Crippen LogP contribution < -0.4 is 32.3 Å². The minimum absolute atomic E-state index is 0. The van der Waals surface area contributed by atoms with Gasteiger partial charge < -0.3 is 52.5 Å². The van der Waals surface area contributed by atoms with Crippen LogP contribution in [0.5, 0.6) is 0 Å². The van der Waals surface area contributed by atoms with Gasteiger partial charge in [0.2, 0.25) is 0 Å². The molecule has 4 atom stereocenters. The van der Waals surface area contributed by atoms with Gasteiger partial charge in [0.05, 0.1) is 31.7 Å². The first-order valence-electron chi connectivity index (χ1n) is 17.8. The molecule has 0 saturated carbocycles. The Balaban J connectivity index is 0.0000108. The van der Waals surface area contributed by atoms with Crippen molar-refractivity contribution in [2.45, 2.75) is 77.5 Å². The molecule has 56 heavy (non-hydrogen) atoms. The predicted molar refractivity (Wildman–Crippen MR) is 205 cm³/mol. The molecule has 19 nitrogen and oxygen atoms in total. The highest BCUT2D eigenvalue weighted by Crippen LogP contribution is 2.11. The van der Waals surface area contributed by atoms with Crippen molar-refractivity contribution in [1.29, 1.82) is 0 Å². The van der Waals surface area contributed by atoms with Crippen LogP contribution in [0.2, 0.25) is 0 Å². The maximum atomic E-state index is 13.4. The molecule has 0 fully saturated rings. The number of carbonyl (C=O) groups excluding carboxylic acids is 5. The first kappa shape index (κ1) is 46.5. The van der Waals surface area contributed by atoms with Gasteiger partial charge in [-0.1, -0.05) is 58.0 Å². The van der Waals surface area contributed by atoms with Crippen molar-refractivity contribution >= 4 is 53.8 Å². The predicted octanol–water partition coefficient (Wildman–Crippen LogP) is 0.660. The number of rotatable bonds is 23. The second kappa shape index (κ2) is 22.7. The van der Waals surface area contributed by atoms with Gasteiger partial charge >= 0.3 is 11.9 Å². The lowest BCUT2D eigenvalue weighted by Crippen LogP contribution is -2.49. The third kappa shape index (κ3) is 14.5. The number of nitrogens with one attached hydrogen (secondary N) is 7. The van der Waals surface area contributed by atoms with Crippen molar-refractivity contribution in [3.05, 3.63) is 71.3 Å². The van der Waals surface area contributed by atoms with Gasteiger partial charge in [0.15, 0.2) is 17.2 Å². The van der Waals surface area contributed by atoms with Crippen molar-refractivity contribution in [2.75, 3.05) is 19.6 Å². The summed E-state index contributed by atoms with van der Waals surface area (Å²) in [6.07, 6.45) is 2.51. The third-order valence-electron chi connectivity index (χ3n) is 8.28. The number of nitrogens with zero attached hydrogens (tertiary/aromatic N) is 2. The van der Waals surface area contributed by atoms with Gasteiger partial charge in [-0.3, -0.25) is 28.8 Å². The van der Waals surface area contributed by atoms with E-state index in [1.54, 1.807) is 30.3 Å². The number of carboxylic acids is 2. The molecule has 0 aliphatic carbocycles. The first-order valence-corrected chi connectivity index (χ1v) is 17.8. The second-order valence-corrected chi connectivity index (χ2v) is 13.9. The maximum Gasteiger partial charge on any atom is 0.326 e. The normalized spacial score (nSPS) is 13.1. The zero-order chi connectivity index (χ0) is 40.7. The molecule has 20 heteroatoms. The Morgan fingerprint density at radius 1 is 0.714 bits per heavy atom. The summed E-state index contributed by atoms with van der Waals surface area (Å²) in [4.78, 5) is 102. The van der Waals surface area contributed by atoms with E-state index in [1.165, 1.54) is 0 Å². The van der Waals surface area contributed by atoms with Crippen LogP contribution in [-0.2, 0) is 20.8 Å². The van der Waals surface area contributed by atoms with Crippen LogP contribution in [0, 0.1) is 11.8 Å². The number of ketones is 1. The number of aromatic nitrogens is 4. The lowest BCUT2D eigenvalue weighted by molar-refractivity contribution is -0.140. The summed E-state index contributed by atoms with van der Waals surface area (Å²) < 4.78 is 0. The number of nitrogens with two attached hydrogens (primary N) is 1. The van der Waals surface area contributed by atoms with Crippen molar-refractivity contribution in [1.82, 2.24) is 46.5 Å². The van der Waals surface area contributed by atoms with Gasteiger partial charge in [-0.25, -0.2) is 14.8 Å². The fourth-order valence-electron chi connectivity index (χ4n) is 5.76. The molecule has 0 saturated heterocycles. The average Bonchev–Trinajstić information content (AvgIpc) is 3.82. The average molecular weight is 803 g/mol. The van der Waals surface area contributed by atoms with Gasteiger partial charge in [-0.05, 0) is 30.2 Å².